The van der Waals surface area contributed by atoms with Crippen LogP contribution >= 0.6 is 0 Å². The molecule has 0 amide bonds. The van der Waals surface area contributed by atoms with Gasteiger partial charge in [0.1, 0.15) is 0 Å². The molecule has 5 nitrogen and oxygen atoms in total. The fourth-order valence-electron chi connectivity index (χ4n) is 1.01. The van der Waals surface area contributed by atoms with Gasteiger partial charge in [-0.1, -0.05) is 0 Å². The largest absolute Gasteiger partial charge is 0.618 e. The monoisotopic (exact) mass is 176 g/mol. The van der Waals surface area contributed by atoms with Gasteiger partial charge in [0.25, 0.3) is 0 Å². The van der Waals surface area contributed by atoms with Gasteiger partial charge in [0.05, 0.1) is 12.4 Å². The lowest BCUT2D eigenvalue weighted by atomic mass is 10.3. The number of hydrogen-bond donors (Lipinski definition) is 0. The number of pyridine rings is 1. The van der Waals surface area contributed by atoms with Gasteiger partial charge in [-0.15, -0.1) is 4.80 Å². The molecule has 0 N–H and O–H groups in total. The Hall–Kier alpha value is -1.91. The summed E-state index contributed by atoms with van der Waals surface area (Å²) in [6.07, 6.45) is 4.57. The summed E-state index contributed by atoms with van der Waals surface area (Å²) >= 11 is 0. The SMILES string of the molecule is Cc1ccc(-n2nccn2)c[n+]1[O-]. The molecule has 0 aliphatic carbocycles. The summed E-state index contributed by atoms with van der Waals surface area (Å²) in [5.41, 5.74) is 1.31. The molecule has 0 aliphatic heterocycles. The molecule has 2 aromatic heterocycles. The van der Waals surface area contributed by atoms with Gasteiger partial charge in [0.2, 0.25) is 6.20 Å². The minimum atomic E-state index is 0.649. The molecule has 0 aliphatic rings. The molecule has 0 bridgehead atoms. The maximum atomic E-state index is 11.2. The maximum absolute atomic E-state index is 11.2. The number of hydrogen-bond acceptors (Lipinski definition) is 3. The van der Waals surface area contributed by atoms with Crippen LogP contribution in [0, 0.1) is 12.1 Å². The van der Waals surface area contributed by atoms with Crippen molar-refractivity contribution in [3.63, 3.8) is 0 Å². The number of aromatic nitrogens is 4. The number of aryl methyl sites for hydroxylation is 1. The van der Waals surface area contributed by atoms with Crippen LogP contribution in [0.15, 0.2) is 30.7 Å². The molecule has 66 valence electrons. The Bertz CT molecular complexity index is 410. The molecule has 0 atom stereocenters. The van der Waals surface area contributed by atoms with Crippen LogP contribution in [0.1, 0.15) is 5.69 Å². The molecule has 0 spiro atoms. The molecule has 0 saturated heterocycles. The Labute approximate surface area is 74.8 Å². The molecule has 2 aromatic rings. The lowest BCUT2D eigenvalue weighted by Gasteiger charge is -2.01. The highest BCUT2D eigenvalue weighted by Gasteiger charge is 2.03. The van der Waals surface area contributed by atoms with Gasteiger partial charge in [-0.25, -0.2) is 0 Å². The Morgan fingerprint density at radius 1 is 1.31 bits per heavy atom. The van der Waals surface area contributed by atoms with Crippen molar-refractivity contribution in [3.8, 4) is 5.69 Å². The lowest BCUT2D eigenvalue weighted by Crippen LogP contribution is -2.30. The molecular weight excluding hydrogens is 168 g/mol. The van der Waals surface area contributed by atoms with Crippen molar-refractivity contribution in [1.29, 1.82) is 0 Å². The highest BCUT2D eigenvalue weighted by atomic mass is 16.5. The zero-order chi connectivity index (χ0) is 9.26. The van der Waals surface area contributed by atoms with Gasteiger partial charge in [0, 0.05) is 13.0 Å². The minimum absolute atomic E-state index is 0.649. The van der Waals surface area contributed by atoms with Gasteiger partial charge in [-0.05, 0) is 6.07 Å². The normalized spacial score (nSPS) is 10.2. The van der Waals surface area contributed by atoms with Gasteiger partial charge in [-0.3, -0.25) is 0 Å². The lowest BCUT2D eigenvalue weighted by molar-refractivity contribution is -0.612. The first-order chi connectivity index (χ1) is 6.27. The molecule has 0 saturated carbocycles. The van der Waals surface area contributed by atoms with Crippen molar-refractivity contribution in [2.45, 2.75) is 6.92 Å². The van der Waals surface area contributed by atoms with E-state index < -0.39 is 0 Å². The first kappa shape index (κ1) is 7.72. The third-order valence-corrected chi connectivity index (χ3v) is 1.74. The average molecular weight is 176 g/mol. The van der Waals surface area contributed by atoms with E-state index in [1.807, 2.05) is 0 Å². The standard InChI is InChI=1S/C8H8N4O/c1-7-2-3-8(6-11(7)13)12-9-4-5-10-12/h2-6H,1H3. The Morgan fingerprint density at radius 3 is 2.62 bits per heavy atom. The van der Waals surface area contributed by atoms with Crippen LogP contribution in [-0.4, -0.2) is 15.0 Å². The maximum Gasteiger partial charge on any atom is 0.208 e. The molecule has 0 unspecified atom stereocenters. The van der Waals surface area contributed by atoms with Crippen LogP contribution < -0.4 is 4.73 Å². The number of nitrogens with zero attached hydrogens (tertiary/aromatic N) is 4. The molecule has 13 heavy (non-hydrogen) atoms. The molecule has 5 heteroatoms. The van der Waals surface area contributed by atoms with Gasteiger partial charge in [-0.2, -0.15) is 14.9 Å². The minimum Gasteiger partial charge on any atom is -0.618 e. The quantitative estimate of drug-likeness (QED) is 0.461. The molecule has 0 radical (unpaired) electrons. The van der Waals surface area contributed by atoms with Crippen molar-refractivity contribution < 1.29 is 4.73 Å². The van der Waals surface area contributed by atoms with Gasteiger partial charge in [0.15, 0.2) is 11.4 Å². The smallest absolute Gasteiger partial charge is 0.208 e. The van der Waals surface area contributed by atoms with E-state index >= 15 is 0 Å². The Balaban J connectivity index is 2.49. The van der Waals surface area contributed by atoms with E-state index in [1.54, 1.807) is 31.5 Å². The van der Waals surface area contributed by atoms with Crippen LogP contribution in [0.4, 0.5) is 0 Å². The van der Waals surface area contributed by atoms with E-state index in [4.69, 9.17) is 0 Å². The van der Waals surface area contributed by atoms with Crippen LogP contribution in [0.2, 0.25) is 0 Å². The topological polar surface area (TPSA) is 57.7 Å². The Kier molecular flexibility index (Phi) is 1.70. The predicted octanol–water partition coefficient (Wildman–Crippen LogP) is 0.209. The average Bonchev–Trinajstić information content (AvgIpc) is 2.62. The summed E-state index contributed by atoms with van der Waals surface area (Å²) in [5, 5.41) is 19.0. The molecule has 0 fully saturated rings. The Morgan fingerprint density at radius 2 is 2.00 bits per heavy atom. The fraction of sp³-hybridized carbons (Fsp3) is 0.125. The first-order valence-corrected chi connectivity index (χ1v) is 3.84. The van der Waals surface area contributed by atoms with Gasteiger partial charge >= 0.3 is 0 Å². The van der Waals surface area contributed by atoms with Crippen LogP contribution in [0.3, 0.4) is 0 Å². The second kappa shape index (κ2) is 2.85. The van der Waals surface area contributed by atoms with Crippen molar-refractivity contribution in [2.24, 2.45) is 0 Å². The summed E-state index contributed by atoms with van der Waals surface area (Å²) in [7, 11) is 0. The van der Waals surface area contributed by atoms with E-state index in [-0.39, 0.29) is 0 Å². The fourth-order valence-corrected chi connectivity index (χ4v) is 1.01. The molecular formula is C8H8N4O. The van der Waals surface area contributed by atoms with Crippen molar-refractivity contribution in [2.75, 3.05) is 0 Å². The summed E-state index contributed by atoms with van der Waals surface area (Å²) in [4.78, 5) is 1.40. The van der Waals surface area contributed by atoms with E-state index in [9.17, 15) is 5.21 Å². The molecule has 2 heterocycles. The van der Waals surface area contributed by atoms with Crippen molar-refractivity contribution in [1.82, 2.24) is 15.0 Å². The second-order valence-corrected chi connectivity index (χ2v) is 2.67. The summed E-state index contributed by atoms with van der Waals surface area (Å²) in [5.74, 6) is 0. The third-order valence-electron chi connectivity index (χ3n) is 1.74. The third kappa shape index (κ3) is 1.35. The van der Waals surface area contributed by atoms with Crippen LogP contribution in [0.25, 0.3) is 5.69 Å². The van der Waals surface area contributed by atoms with Crippen LogP contribution in [-0.2, 0) is 0 Å². The highest BCUT2D eigenvalue weighted by Crippen LogP contribution is 2.00. The summed E-state index contributed by atoms with van der Waals surface area (Å²) < 4.78 is 0.790. The van der Waals surface area contributed by atoms with Gasteiger partial charge < -0.3 is 5.21 Å². The predicted molar refractivity (Wildman–Crippen MR) is 45.1 cm³/mol. The van der Waals surface area contributed by atoms with Crippen LogP contribution in [0.5, 0.6) is 0 Å². The zero-order valence-corrected chi connectivity index (χ0v) is 7.08. The summed E-state index contributed by atoms with van der Waals surface area (Å²) in [6, 6.07) is 3.52. The highest BCUT2D eigenvalue weighted by molar-refractivity contribution is 5.23. The van der Waals surface area contributed by atoms with Crippen molar-refractivity contribution in [3.05, 3.63) is 41.6 Å². The van der Waals surface area contributed by atoms with E-state index in [0.29, 0.717) is 11.4 Å². The second-order valence-electron chi connectivity index (χ2n) is 2.67. The van der Waals surface area contributed by atoms with E-state index in [2.05, 4.69) is 10.2 Å². The first-order valence-electron chi connectivity index (χ1n) is 3.84. The summed E-state index contributed by atoms with van der Waals surface area (Å²) in [6.45, 7) is 1.74. The van der Waals surface area contributed by atoms with E-state index in [1.165, 1.54) is 11.0 Å². The number of rotatable bonds is 1. The molecule has 0 aromatic carbocycles. The van der Waals surface area contributed by atoms with E-state index in [0.717, 1.165) is 4.73 Å². The van der Waals surface area contributed by atoms with Crippen molar-refractivity contribution >= 4 is 0 Å². The molecule has 2 rings (SSSR count). The zero-order valence-electron chi connectivity index (χ0n) is 7.08.